The molecule has 1 fully saturated rings. The lowest BCUT2D eigenvalue weighted by Gasteiger charge is -2.23. The van der Waals surface area contributed by atoms with Crippen LogP contribution in [0, 0.1) is 0 Å². The maximum Gasteiger partial charge on any atom is 0.240 e. The molecule has 1 saturated carbocycles. The quantitative estimate of drug-likeness (QED) is 0.529. The third kappa shape index (κ3) is 7.78. The summed E-state index contributed by atoms with van der Waals surface area (Å²) in [6.45, 7) is 0.299. The maximum atomic E-state index is 12.4. The molecule has 0 radical (unpaired) electrons. The topological polar surface area (TPSA) is 75.7 Å². The highest BCUT2D eigenvalue weighted by atomic mass is 32.2. The second-order valence-corrected chi connectivity index (χ2v) is 11.0. The van der Waals surface area contributed by atoms with Crippen molar-refractivity contribution in [2.45, 2.75) is 37.4 Å². The van der Waals surface area contributed by atoms with Crippen molar-refractivity contribution in [3.05, 3.63) is 54.6 Å². The first-order valence-corrected chi connectivity index (χ1v) is 13.5. The molecule has 0 atom stereocenters. The average Bonchev–Trinajstić information content (AvgIpc) is 2.76. The highest BCUT2D eigenvalue weighted by molar-refractivity contribution is 7.99. The molecule has 1 N–H and O–H groups in total. The van der Waals surface area contributed by atoms with Crippen molar-refractivity contribution in [3.63, 3.8) is 0 Å². The summed E-state index contributed by atoms with van der Waals surface area (Å²) in [5.41, 5.74) is 0.426. The molecule has 1 aliphatic carbocycles. The summed E-state index contributed by atoms with van der Waals surface area (Å²) < 4.78 is 31.4. The summed E-state index contributed by atoms with van der Waals surface area (Å²) >= 11 is 1.90. The van der Waals surface area contributed by atoms with E-state index in [0.717, 1.165) is 16.3 Å². The Morgan fingerprint density at radius 1 is 1.03 bits per heavy atom. The molecule has 0 bridgehead atoms. The van der Waals surface area contributed by atoms with Gasteiger partial charge in [0.1, 0.15) is 18.0 Å². The summed E-state index contributed by atoms with van der Waals surface area (Å²) in [6.07, 6.45) is 7.53. The molecule has 2 aromatic carbocycles. The number of hydrogen-bond donors (Lipinski definition) is 1. The molecule has 0 heterocycles. The SMILES string of the molecule is CS(=O)(=O)N(CC(=O)NCCSC1CCCCC1)c1ccc(Oc2ccccc2)cc1. The number of ether oxygens (including phenoxy) is 1. The lowest BCUT2D eigenvalue weighted by atomic mass is 10.0. The lowest BCUT2D eigenvalue weighted by Crippen LogP contribution is -2.41. The van der Waals surface area contributed by atoms with Crippen LogP contribution in [0.5, 0.6) is 11.5 Å². The first-order valence-electron chi connectivity index (χ1n) is 10.6. The second kappa shape index (κ2) is 11.4. The molecule has 1 aliphatic rings. The molecule has 2 aromatic rings. The minimum Gasteiger partial charge on any atom is -0.457 e. The van der Waals surface area contributed by atoms with Gasteiger partial charge in [-0.15, -0.1) is 0 Å². The first kappa shape index (κ1) is 23.5. The molecule has 6 nitrogen and oxygen atoms in total. The average molecular weight is 463 g/mol. The van der Waals surface area contributed by atoms with E-state index in [4.69, 9.17) is 4.74 Å². The molecule has 168 valence electrons. The van der Waals surface area contributed by atoms with Crippen molar-refractivity contribution in [1.29, 1.82) is 0 Å². The maximum absolute atomic E-state index is 12.4. The van der Waals surface area contributed by atoms with E-state index < -0.39 is 10.0 Å². The van der Waals surface area contributed by atoms with Gasteiger partial charge in [0.15, 0.2) is 0 Å². The number of nitrogens with one attached hydrogen (secondary N) is 1. The predicted molar refractivity (Wildman–Crippen MR) is 127 cm³/mol. The van der Waals surface area contributed by atoms with Gasteiger partial charge in [-0.1, -0.05) is 37.5 Å². The van der Waals surface area contributed by atoms with Gasteiger partial charge in [-0.3, -0.25) is 9.10 Å². The number of anilines is 1. The highest BCUT2D eigenvalue weighted by Crippen LogP contribution is 2.28. The highest BCUT2D eigenvalue weighted by Gasteiger charge is 2.21. The number of carbonyl (C=O) groups excluding carboxylic acids is 1. The molecule has 3 rings (SSSR count). The van der Waals surface area contributed by atoms with Gasteiger partial charge in [0.05, 0.1) is 11.9 Å². The normalized spacial score (nSPS) is 14.7. The predicted octanol–water partition coefficient (Wildman–Crippen LogP) is 4.43. The van der Waals surface area contributed by atoms with E-state index in [1.165, 1.54) is 32.1 Å². The standard InChI is InChI=1S/C23H30N2O4S2/c1-31(27,28)25(18-23(26)24-16-17-30-22-10-6-3-7-11-22)19-12-14-21(15-13-19)29-20-8-4-2-5-9-20/h2,4-5,8-9,12-15,22H,3,6-7,10-11,16-18H2,1H3,(H,24,26). The van der Waals surface area contributed by atoms with Gasteiger partial charge in [-0.2, -0.15) is 11.8 Å². The van der Waals surface area contributed by atoms with Crippen LogP contribution in [0.15, 0.2) is 54.6 Å². The number of sulfonamides is 1. The van der Waals surface area contributed by atoms with Crippen LogP contribution in [0.2, 0.25) is 0 Å². The zero-order valence-electron chi connectivity index (χ0n) is 17.8. The summed E-state index contributed by atoms with van der Waals surface area (Å²) in [4.78, 5) is 12.4. The number of hydrogen-bond acceptors (Lipinski definition) is 5. The Labute approximate surface area is 189 Å². The number of nitrogens with zero attached hydrogens (tertiary/aromatic N) is 1. The van der Waals surface area contributed by atoms with Crippen molar-refractivity contribution in [2.24, 2.45) is 0 Å². The fraction of sp³-hybridized carbons (Fsp3) is 0.435. The Bertz CT molecular complexity index is 928. The smallest absolute Gasteiger partial charge is 0.240 e. The van der Waals surface area contributed by atoms with Gasteiger partial charge in [0.2, 0.25) is 15.9 Å². The van der Waals surface area contributed by atoms with Crippen LogP contribution in [-0.2, 0) is 14.8 Å². The van der Waals surface area contributed by atoms with E-state index in [-0.39, 0.29) is 12.5 Å². The fourth-order valence-corrected chi connectivity index (χ4v) is 5.62. The van der Waals surface area contributed by atoms with Gasteiger partial charge in [-0.05, 0) is 49.2 Å². The number of rotatable bonds is 10. The number of para-hydroxylation sites is 1. The van der Waals surface area contributed by atoms with Crippen molar-refractivity contribution >= 4 is 33.4 Å². The molecule has 31 heavy (non-hydrogen) atoms. The van der Waals surface area contributed by atoms with Gasteiger partial charge >= 0.3 is 0 Å². The van der Waals surface area contributed by atoms with Crippen LogP contribution in [0.4, 0.5) is 5.69 Å². The number of thioether (sulfide) groups is 1. The molecule has 0 spiro atoms. The number of carbonyl (C=O) groups is 1. The molecule has 0 unspecified atom stereocenters. The zero-order valence-corrected chi connectivity index (χ0v) is 19.5. The number of amides is 1. The van der Waals surface area contributed by atoms with Gasteiger partial charge in [-0.25, -0.2) is 8.42 Å². The molecular formula is C23H30N2O4S2. The molecular weight excluding hydrogens is 432 g/mol. The van der Waals surface area contributed by atoms with Crippen LogP contribution in [0.25, 0.3) is 0 Å². The molecule has 0 aliphatic heterocycles. The van der Waals surface area contributed by atoms with Crippen molar-refractivity contribution < 1.29 is 17.9 Å². The van der Waals surface area contributed by atoms with Gasteiger partial charge in [0, 0.05) is 17.5 Å². The van der Waals surface area contributed by atoms with Crippen LogP contribution in [0.3, 0.4) is 0 Å². The summed E-state index contributed by atoms with van der Waals surface area (Å²) in [5, 5.41) is 3.54. The first-order chi connectivity index (χ1) is 14.9. The van der Waals surface area contributed by atoms with Crippen LogP contribution in [-0.4, -0.2) is 44.7 Å². The van der Waals surface area contributed by atoms with E-state index in [1.54, 1.807) is 24.3 Å². The van der Waals surface area contributed by atoms with E-state index in [9.17, 15) is 13.2 Å². The third-order valence-electron chi connectivity index (χ3n) is 5.12. The Morgan fingerprint density at radius 3 is 2.32 bits per heavy atom. The largest absolute Gasteiger partial charge is 0.457 e. The van der Waals surface area contributed by atoms with E-state index in [1.807, 2.05) is 42.1 Å². The van der Waals surface area contributed by atoms with Crippen molar-refractivity contribution in [3.8, 4) is 11.5 Å². The molecule has 1 amide bonds. The molecule has 0 aromatic heterocycles. The minimum absolute atomic E-state index is 0.244. The number of benzene rings is 2. The Kier molecular flexibility index (Phi) is 8.66. The minimum atomic E-state index is -3.61. The monoisotopic (exact) mass is 462 g/mol. The molecule has 8 heteroatoms. The Hall–Kier alpha value is -2.19. The third-order valence-corrected chi connectivity index (χ3v) is 7.64. The Morgan fingerprint density at radius 2 is 1.68 bits per heavy atom. The summed E-state index contributed by atoms with van der Waals surface area (Å²) in [5.74, 6) is 1.83. The van der Waals surface area contributed by atoms with Gasteiger partial charge in [0.25, 0.3) is 0 Å². The van der Waals surface area contributed by atoms with Gasteiger partial charge < -0.3 is 10.1 Å². The second-order valence-electron chi connectivity index (χ2n) is 7.66. The van der Waals surface area contributed by atoms with Crippen LogP contribution < -0.4 is 14.4 Å². The summed E-state index contributed by atoms with van der Waals surface area (Å²) in [7, 11) is -3.61. The van der Waals surface area contributed by atoms with Crippen molar-refractivity contribution in [1.82, 2.24) is 5.32 Å². The van der Waals surface area contributed by atoms with E-state index in [0.29, 0.717) is 29.0 Å². The van der Waals surface area contributed by atoms with E-state index >= 15 is 0 Å². The Balaban J connectivity index is 1.53. The summed E-state index contributed by atoms with van der Waals surface area (Å²) in [6, 6.07) is 16.0. The van der Waals surface area contributed by atoms with Crippen LogP contribution >= 0.6 is 11.8 Å². The molecule has 0 saturated heterocycles. The van der Waals surface area contributed by atoms with Crippen molar-refractivity contribution in [2.75, 3.05) is 29.4 Å². The fourth-order valence-electron chi connectivity index (χ4n) is 3.54. The lowest BCUT2D eigenvalue weighted by molar-refractivity contribution is -0.119. The van der Waals surface area contributed by atoms with Crippen LogP contribution in [0.1, 0.15) is 32.1 Å². The zero-order chi connectivity index (χ0) is 22.1. The van der Waals surface area contributed by atoms with E-state index in [2.05, 4.69) is 5.32 Å².